The third kappa shape index (κ3) is 3.89. The fraction of sp³-hybridized carbons (Fsp3) is 0.526. The van der Waals surface area contributed by atoms with E-state index >= 15 is 0 Å². The van der Waals surface area contributed by atoms with Crippen LogP contribution in [-0.2, 0) is 0 Å². The van der Waals surface area contributed by atoms with E-state index < -0.39 is 0 Å². The Morgan fingerprint density at radius 2 is 2.00 bits per heavy atom. The molecule has 0 amide bonds. The Labute approximate surface area is 143 Å². The van der Waals surface area contributed by atoms with E-state index in [-0.39, 0.29) is 0 Å². The molecule has 124 valence electrons. The van der Waals surface area contributed by atoms with Gasteiger partial charge in [0.2, 0.25) is 0 Å². The molecular weight excluding hydrogens is 306 g/mol. The molecule has 3 nitrogen and oxygen atoms in total. The monoisotopic (exact) mass is 331 g/mol. The zero-order valence-electron chi connectivity index (χ0n) is 13.9. The number of halogens is 1. The Bertz CT molecular complexity index is 603. The first-order valence-electron chi connectivity index (χ1n) is 8.87. The van der Waals surface area contributed by atoms with Crippen LogP contribution in [0.1, 0.15) is 64.0 Å². The second-order valence-electron chi connectivity index (χ2n) is 6.43. The molecule has 0 radical (unpaired) electrons. The Kier molecular flexibility index (Phi) is 5.60. The number of hydrogen-bond donors (Lipinski definition) is 2. The number of nitrogens with one attached hydrogen (secondary N) is 2. The van der Waals surface area contributed by atoms with Gasteiger partial charge in [0.25, 0.3) is 0 Å². The van der Waals surface area contributed by atoms with Gasteiger partial charge in [0, 0.05) is 18.4 Å². The van der Waals surface area contributed by atoms with Crippen LogP contribution < -0.4 is 5.32 Å². The molecule has 2 N–H and O–H groups in total. The normalized spacial score (nSPS) is 22.2. The minimum Gasteiger partial charge on any atom is -0.386 e. The largest absolute Gasteiger partial charge is 0.386 e. The third-order valence-electron chi connectivity index (χ3n) is 4.78. The minimum atomic E-state index is 0.574. The highest BCUT2D eigenvalue weighted by Gasteiger charge is 2.23. The summed E-state index contributed by atoms with van der Waals surface area (Å²) in [7, 11) is 0. The molecule has 0 bridgehead atoms. The van der Waals surface area contributed by atoms with Crippen molar-refractivity contribution in [3.05, 3.63) is 46.5 Å². The van der Waals surface area contributed by atoms with Crippen LogP contribution in [-0.4, -0.2) is 16.7 Å². The lowest BCUT2D eigenvalue weighted by Gasteiger charge is -2.20. The quantitative estimate of drug-likeness (QED) is 0.775. The molecule has 4 heteroatoms. The maximum atomic E-state index is 6.56. The molecule has 2 aliphatic rings. The van der Waals surface area contributed by atoms with Crippen molar-refractivity contribution in [2.45, 2.75) is 64.3 Å². The lowest BCUT2D eigenvalue weighted by atomic mass is 9.97. The van der Waals surface area contributed by atoms with Gasteiger partial charge < -0.3 is 10.3 Å². The minimum absolute atomic E-state index is 0.574. The zero-order chi connectivity index (χ0) is 16.1. The summed E-state index contributed by atoms with van der Waals surface area (Å²) < 4.78 is 0. The second-order valence-corrected chi connectivity index (χ2v) is 6.81. The maximum Gasteiger partial charge on any atom is 0.106 e. The fourth-order valence-corrected chi connectivity index (χ4v) is 3.80. The summed E-state index contributed by atoms with van der Waals surface area (Å²) in [5.41, 5.74) is 3.97. The van der Waals surface area contributed by atoms with Crippen LogP contribution in [0.4, 0.5) is 0 Å². The van der Waals surface area contributed by atoms with Crippen molar-refractivity contribution >= 4 is 17.3 Å². The van der Waals surface area contributed by atoms with Crippen molar-refractivity contribution in [1.82, 2.24) is 10.3 Å². The van der Waals surface area contributed by atoms with E-state index in [2.05, 4.69) is 23.4 Å². The predicted octanol–water partition coefficient (Wildman–Crippen LogP) is 5.26. The van der Waals surface area contributed by atoms with Crippen LogP contribution in [0.3, 0.4) is 0 Å². The number of rotatable bonds is 4. The highest BCUT2D eigenvalue weighted by Crippen LogP contribution is 2.32. The number of allylic oxidation sites excluding steroid dienone is 2. The average molecular weight is 332 g/mol. The van der Waals surface area contributed by atoms with E-state index in [1.165, 1.54) is 44.9 Å². The fourth-order valence-electron chi connectivity index (χ4n) is 3.42. The van der Waals surface area contributed by atoms with Gasteiger partial charge in [0.05, 0.1) is 16.4 Å². The first kappa shape index (κ1) is 16.4. The number of hydrogen-bond acceptors (Lipinski definition) is 2. The number of aromatic amines is 1. The molecule has 0 atom stereocenters. The summed E-state index contributed by atoms with van der Waals surface area (Å²) in [6.45, 7) is 2.13. The Balaban J connectivity index is 1.75. The van der Waals surface area contributed by atoms with E-state index in [1.54, 1.807) is 0 Å². The summed E-state index contributed by atoms with van der Waals surface area (Å²) >= 11 is 6.56. The van der Waals surface area contributed by atoms with Crippen molar-refractivity contribution in [1.29, 1.82) is 0 Å². The lowest BCUT2D eigenvalue weighted by molar-refractivity contribution is 0.419. The molecule has 23 heavy (non-hydrogen) atoms. The number of nitrogens with zero attached hydrogens (tertiary/aromatic N) is 1. The molecular formula is C19H26ClN3. The van der Waals surface area contributed by atoms with Crippen LogP contribution in [0.2, 0.25) is 0 Å². The van der Waals surface area contributed by atoms with Gasteiger partial charge in [-0.15, -0.1) is 0 Å². The van der Waals surface area contributed by atoms with Gasteiger partial charge in [-0.3, -0.25) is 0 Å². The Morgan fingerprint density at radius 1 is 1.26 bits per heavy atom. The van der Waals surface area contributed by atoms with Crippen molar-refractivity contribution in [3.8, 4) is 0 Å². The van der Waals surface area contributed by atoms with Crippen molar-refractivity contribution in [2.75, 3.05) is 0 Å². The van der Waals surface area contributed by atoms with Gasteiger partial charge in [-0.05, 0) is 37.0 Å². The summed E-state index contributed by atoms with van der Waals surface area (Å²) in [6, 6.07) is 4.56. The first-order valence-corrected chi connectivity index (χ1v) is 9.25. The van der Waals surface area contributed by atoms with Gasteiger partial charge in [0.15, 0.2) is 0 Å². The number of aliphatic imine (C=N–C) groups is 1. The summed E-state index contributed by atoms with van der Waals surface area (Å²) in [5, 5.41) is 4.39. The average Bonchev–Trinajstić information content (AvgIpc) is 3.14. The van der Waals surface area contributed by atoms with E-state index in [9.17, 15) is 0 Å². The molecule has 1 aromatic rings. The van der Waals surface area contributed by atoms with Crippen molar-refractivity contribution in [3.63, 3.8) is 0 Å². The van der Waals surface area contributed by atoms with E-state index in [1.807, 2.05) is 18.3 Å². The van der Waals surface area contributed by atoms with Gasteiger partial charge in [-0.1, -0.05) is 50.6 Å². The van der Waals surface area contributed by atoms with Crippen LogP contribution >= 0.6 is 11.6 Å². The van der Waals surface area contributed by atoms with Crippen LogP contribution in [0, 0.1) is 0 Å². The number of H-pyrrole nitrogens is 1. The van der Waals surface area contributed by atoms with Crippen LogP contribution in [0.25, 0.3) is 0 Å². The lowest BCUT2D eigenvalue weighted by Crippen LogP contribution is -2.25. The standard InChI is InChI=1S/C19H26ClN3/c1-2-15-17(13-22-14-9-6-4-3-5-7-10-14)23-19(18(15)20)16-11-8-12-21-16/h8,11-14,21-22H,2-7,9-10H2,1H3/b17-13+. The first-order chi connectivity index (χ1) is 11.3. The van der Waals surface area contributed by atoms with Crippen LogP contribution in [0.5, 0.6) is 0 Å². The SMILES string of the molecule is CCC1=C(Cl)C(c2ccc[nH]2)=N/C1=C/NC1CCCCCCC1. The molecule has 2 heterocycles. The maximum absolute atomic E-state index is 6.56. The molecule has 0 saturated heterocycles. The topological polar surface area (TPSA) is 40.2 Å². The number of aromatic nitrogens is 1. The van der Waals surface area contributed by atoms with Crippen LogP contribution in [0.15, 0.2) is 45.8 Å². The van der Waals surface area contributed by atoms with Gasteiger partial charge in [-0.2, -0.15) is 0 Å². The van der Waals surface area contributed by atoms with E-state index in [0.29, 0.717) is 6.04 Å². The van der Waals surface area contributed by atoms with Crippen molar-refractivity contribution in [2.24, 2.45) is 4.99 Å². The molecule has 1 aliphatic carbocycles. The zero-order valence-corrected chi connectivity index (χ0v) is 14.6. The third-order valence-corrected chi connectivity index (χ3v) is 5.19. The summed E-state index contributed by atoms with van der Waals surface area (Å²) in [4.78, 5) is 7.97. The Hall–Kier alpha value is -1.48. The van der Waals surface area contributed by atoms with Gasteiger partial charge in [0.1, 0.15) is 5.71 Å². The van der Waals surface area contributed by atoms with Gasteiger partial charge in [-0.25, -0.2) is 4.99 Å². The van der Waals surface area contributed by atoms with E-state index in [4.69, 9.17) is 16.6 Å². The Morgan fingerprint density at radius 3 is 2.65 bits per heavy atom. The summed E-state index contributed by atoms with van der Waals surface area (Å²) in [6.07, 6.45) is 14.2. The highest BCUT2D eigenvalue weighted by molar-refractivity contribution is 6.47. The molecule has 1 fully saturated rings. The smallest absolute Gasteiger partial charge is 0.106 e. The molecule has 0 unspecified atom stereocenters. The molecule has 0 spiro atoms. The summed E-state index contributed by atoms with van der Waals surface area (Å²) in [5.74, 6) is 0. The highest BCUT2D eigenvalue weighted by atomic mass is 35.5. The molecule has 1 saturated carbocycles. The molecule has 1 aromatic heterocycles. The molecule has 3 rings (SSSR count). The predicted molar refractivity (Wildman–Crippen MR) is 97.8 cm³/mol. The molecule has 0 aromatic carbocycles. The van der Waals surface area contributed by atoms with E-state index in [0.717, 1.165) is 34.1 Å². The van der Waals surface area contributed by atoms with Crippen molar-refractivity contribution < 1.29 is 0 Å². The molecule has 1 aliphatic heterocycles. The second kappa shape index (κ2) is 7.87. The van der Waals surface area contributed by atoms with Gasteiger partial charge >= 0.3 is 0 Å².